The molecule has 0 saturated heterocycles. The van der Waals surface area contributed by atoms with E-state index >= 15 is 0 Å². The van der Waals surface area contributed by atoms with Crippen molar-refractivity contribution in [3.63, 3.8) is 0 Å². The molecule has 0 fully saturated rings. The summed E-state index contributed by atoms with van der Waals surface area (Å²) in [7, 11) is 0. The number of rotatable bonds is 7. The number of anilines is 2. The van der Waals surface area contributed by atoms with Crippen LogP contribution in [0.5, 0.6) is 5.75 Å². The van der Waals surface area contributed by atoms with Gasteiger partial charge in [-0.25, -0.2) is 0 Å². The number of carbonyl (C=O) groups excluding carboxylic acids is 2. The molecular formula is C26H26BrN3O3S. The Hall–Kier alpha value is -3.23. The van der Waals surface area contributed by atoms with Gasteiger partial charge >= 0.3 is 0 Å². The molecule has 0 aliphatic carbocycles. The second-order valence-electron chi connectivity index (χ2n) is 7.70. The zero-order valence-corrected chi connectivity index (χ0v) is 21.6. The van der Waals surface area contributed by atoms with E-state index in [9.17, 15) is 9.59 Å². The fourth-order valence-electron chi connectivity index (χ4n) is 3.15. The molecule has 0 saturated carbocycles. The number of halogens is 1. The van der Waals surface area contributed by atoms with Gasteiger partial charge in [-0.3, -0.25) is 14.9 Å². The number of hydrogen-bond acceptors (Lipinski definition) is 4. The van der Waals surface area contributed by atoms with E-state index < -0.39 is 5.91 Å². The first-order valence-corrected chi connectivity index (χ1v) is 12.0. The van der Waals surface area contributed by atoms with Crippen LogP contribution in [-0.4, -0.2) is 23.5 Å². The zero-order chi connectivity index (χ0) is 24.7. The highest BCUT2D eigenvalue weighted by Gasteiger charge is 2.17. The lowest BCUT2D eigenvalue weighted by Crippen LogP contribution is -2.35. The topological polar surface area (TPSA) is 79.5 Å². The van der Waals surface area contributed by atoms with Crippen molar-refractivity contribution in [1.29, 1.82) is 0 Å². The third-order valence-corrected chi connectivity index (χ3v) is 5.76. The van der Waals surface area contributed by atoms with Gasteiger partial charge in [0.05, 0.1) is 23.4 Å². The predicted octanol–water partition coefficient (Wildman–Crippen LogP) is 6.23. The average molecular weight is 540 g/mol. The minimum Gasteiger partial charge on any atom is -0.493 e. The van der Waals surface area contributed by atoms with Crippen LogP contribution < -0.4 is 20.7 Å². The normalized spacial score (nSPS) is 10.4. The molecule has 6 nitrogen and oxygen atoms in total. The van der Waals surface area contributed by atoms with Crippen molar-refractivity contribution < 1.29 is 14.3 Å². The molecule has 34 heavy (non-hydrogen) atoms. The van der Waals surface area contributed by atoms with Crippen LogP contribution in [0.1, 0.15) is 45.2 Å². The first-order chi connectivity index (χ1) is 16.3. The van der Waals surface area contributed by atoms with Gasteiger partial charge in [-0.2, -0.15) is 0 Å². The first-order valence-electron chi connectivity index (χ1n) is 10.8. The summed E-state index contributed by atoms with van der Waals surface area (Å²) in [6.45, 7) is 6.49. The second-order valence-corrected chi connectivity index (χ2v) is 9.02. The Kier molecular flexibility index (Phi) is 8.79. The molecule has 8 heteroatoms. The van der Waals surface area contributed by atoms with Crippen LogP contribution >= 0.6 is 28.1 Å². The molecule has 0 atom stereocenters. The lowest BCUT2D eigenvalue weighted by Gasteiger charge is -2.15. The van der Waals surface area contributed by atoms with E-state index in [1.165, 1.54) is 0 Å². The lowest BCUT2D eigenvalue weighted by molar-refractivity contribution is 0.0972. The molecule has 0 heterocycles. The van der Waals surface area contributed by atoms with Crippen LogP contribution in [0.15, 0.2) is 65.1 Å². The predicted molar refractivity (Wildman–Crippen MR) is 144 cm³/mol. The minimum absolute atomic E-state index is 0.0675. The fourth-order valence-corrected chi connectivity index (χ4v) is 3.71. The van der Waals surface area contributed by atoms with E-state index in [1.807, 2.05) is 45.0 Å². The van der Waals surface area contributed by atoms with Gasteiger partial charge in [-0.15, -0.1) is 0 Å². The highest BCUT2D eigenvalue weighted by Crippen LogP contribution is 2.24. The van der Waals surface area contributed by atoms with Crippen LogP contribution in [0, 0.1) is 13.8 Å². The summed E-state index contributed by atoms with van der Waals surface area (Å²) in [5, 5.41) is 8.60. The Bertz CT molecular complexity index is 1230. The van der Waals surface area contributed by atoms with E-state index in [1.54, 1.807) is 36.4 Å². The summed E-state index contributed by atoms with van der Waals surface area (Å²) in [5.41, 5.74) is 4.16. The van der Waals surface area contributed by atoms with Crippen molar-refractivity contribution in [2.75, 3.05) is 17.2 Å². The number of ether oxygens (including phenoxy) is 1. The van der Waals surface area contributed by atoms with Gasteiger partial charge in [-0.05, 0) is 86.1 Å². The van der Waals surface area contributed by atoms with Gasteiger partial charge < -0.3 is 15.4 Å². The van der Waals surface area contributed by atoms with Gasteiger partial charge in [0.2, 0.25) is 0 Å². The van der Waals surface area contributed by atoms with Gasteiger partial charge in [0.15, 0.2) is 5.11 Å². The number of hydrogen-bond donors (Lipinski definition) is 3. The molecule has 3 aromatic carbocycles. The third-order valence-electron chi connectivity index (χ3n) is 5.06. The number of thiocarbonyl (C=S) groups is 1. The Morgan fingerprint density at radius 3 is 2.41 bits per heavy atom. The first kappa shape index (κ1) is 25.4. The summed E-state index contributed by atoms with van der Waals surface area (Å²) in [5.74, 6) is -0.233. The van der Waals surface area contributed by atoms with Crippen molar-refractivity contribution in [2.24, 2.45) is 0 Å². The standard InChI is InChI=1S/C26H26BrN3O3S/c1-4-13-33-23-12-10-18(27)15-21(23)25(32)30-26(34)29-22-8-6-5-7-20(22)24(31)28-19-11-9-16(2)17(3)14-19/h5-12,14-15H,4,13H2,1-3H3,(H,28,31)(H2,29,30,32,34). The summed E-state index contributed by atoms with van der Waals surface area (Å²) in [6.07, 6.45) is 0.818. The van der Waals surface area contributed by atoms with Crippen LogP contribution in [0.4, 0.5) is 11.4 Å². The largest absolute Gasteiger partial charge is 0.493 e. The van der Waals surface area contributed by atoms with Gasteiger partial charge in [0, 0.05) is 10.2 Å². The molecule has 0 bridgehead atoms. The maximum atomic E-state index is 12.9. The van der Waals surface area contributed by atoms with Crippen LogP contribution in [-0.2, 0) is 0 Å². The van der Waals surface area contributed by atoms with Crippen molar-refractivity contribution in [3.8, 4) is 5.75 Å². The van der Waals surface area contributed by atoms with Crippen LogP contribution in [0.3, 0.4) is 0 Å². The zero-order valence-electron chi connectivity index (χ0n) is 19.2. The maximum Gasteiger partial charge on any atom is 0.261 e. The van der Waals surface area contributed by atoms with Crippen LogP contribution in [0.2, 0.25) is 0 Å². The molecular weight excluding hydrogens is 514 g/mol. The number of para-hydroxylation sites is 1. The number of aryl methyl sites for hydroxylation is 2. The monoisotopic (exact) mass is 539 g/mol. The molecule has 0 aliphatic heterocycles. The van der Waals surface area contributed by atoms with Crippen molar-refractivity contribution >= 4 is 56.4 Å². The minimum atomic E-state index is -0.415. The van der Waals surface area contributed by atoms with E-state index in [4.69, 9.17) is 17.0 Å². The molecule has 0 radical (unpaired) electrons. The molecule has 3 aromatic rings. The second kappa shape index (κ2) is 11.8. The number of amides is 2. The highest BCUT2D eigenvalue weighted by atomic mass is 79.9. The maximum absolute atomic E-state index is 12.9. The van der Waals surface area contributed by atoms with E-state index in [-0.39, 0.29) is 11.0 Å². The van der Waals surface area contributed by atoms with E-state index in [0.717, 1.165) is 22.0 Å². The van der Waals surface area contributed by atoms with E-state index in [0.29, 0.717) is 34.9 Å². The quantitative estimate of drug-likeness (QED) is 0.310. The van der Waals surface area contributed by atoms with Crippen molar-refractivity contribution in [1.82, 2.24) is 5.32 Å². The van der Waals surface area contributed by atoms with Crippen molar-refractivity contribution in [3.05, 3.63) is 87.4 Å². The molecule has 176 valence electrons. The number of benzene rings is 3. The molecule has 3 rings (SSSR count). The van der Waals surface area contributed by atoms with Crippen LogP contribution in [0.25, 0.3) is 0 Å². The SMILES string of the molecule is CCCOc1ccc(Br)cc1C(=O)NC(=S)Nc1ccccc1C(=O)Nc1ccc(C)c(C)c1. The van der Waals surface area contributed by atoms with Gasteiger partial charge in [-0.1, -0.05) is 41.1 Å². The smallest absolute Gasteiger partial charge is 0.261 e. The molecule has 0 spiro atoms. The summed E-state index contributed by atoms with van der Waals surface area (Å²) < 4.78 is 6.43. The summed E-state index contributed by atoms with van der Waals surface area (Å²) in [6, 6.07) is 17.9. The summed E-state index contributed by atoms with van der Waals surface area (Å²) in [4.78, 5) is 25.8. The molecule has 0 aliphatic rings. The van der Waals surface area contributed by atoms with E-state index in [2.05, 4.69) is 31.9 Å². The Morgan fingerprint density at radius 1 is 0.912 bits per heavy atom. The Balaban J connectivity index is 1.72. The lowest BCUT2D eigenvalue weighted by atomic mass is 10.1. The molecule has 0 aromatic heterocycles. The van der Waals surface area contributed by atoms with Crippen molar-refractivity contribution in [2.45, 2.75) is 27.2 Å². The van der Waals surface area contributed by atoms with Gasteiger partial charge in [0.1, 0.15) is 5.75 Å². The number of nitrogens with one attached hydrogen (secondary N) is 3. The molecule has 2 amide bonds. The number of carbonyl (C=O) groups is 2. The molecule has 0 unspecified atom stereocenters. The fraction of sp³-hybridized carbons (Fsp3) is 0.192. The Labute approximate surface area is 213 Å². The third kappa shape index (κ3) is 6.65. The highest BCUT2D eigenvalue weighted by molar-refractivity contribution is 9.10. The molecule has 3 N–H and O–H groups in total. The average Bonchev–Trinajstić information content (AvgIpc) is 2.80. The Morgan fingerprint density at radius 2 is 1.68 bits per heavy atom. The summed E-state index contributed by atoms with van der Waals surface area (Å²) >= 11 is 8.74. The van der Waals surface area contributed by atoms with Gasteiger partial charge in [0.25, 0.3) is 11.8 Å².